The summed E-state index contributed by atoms with van der Waals surface area (Å²) < 4.78 is 5.04. The first kappa shape index (κ1) is 19.5. The van der Waals surface area contributed by atoms with E-state index in [9.17, 15) is 24.5 Å². The molecule has 28 heavy (non-hydrogen) atoms. The van der Waals surface area contributed by atoms with Gasteiger partial charge in [0.1, 0.15) is 0 Å². The number of ketones is 1. The van der Waals surface area contributed by atoms with E-state index >= 15 is 0 Å². The summed E-state index contributed by atoms with van der Waals surface area (Å²) in [6.07, 6.45) is -0.0466. The van der Waals surface area contributed by atoms with Gasteiger partial charge in [-0.25, -0.2) is 0 Å². The highest BCUT2D eigenvalue weighted by atomic mass is 35.5. The van der Waals surface area contributed by atoms with Gasteiger partial charge in [0.05, 0.1) is 21.6 Å². The Balaban J connectivity index is 1.60. The smallest absolute Gasteiger partial charge is 0.311 e. The Hall–Kier alpha value is -3.26. The Bertz CT molecular complexity index is 961. The van der Waals surface area contributed by atoms with E-state index in [1.165, 1.54) is 23.1 Å². The number of nitro benzene ring substituents is 1. The van der Waals surface area contributed by atoms with Crippen LogP contribution in [0.15, 0.2) is 48.5 Å². The average molecular weight is 403 g/mol. The molecule has 144 valence electrons. The van der Waals surface area contributed by atoms with Crippen molar-refractivity contribution in [2.45, 2.75) is 6.42 Å². The first-order chi connectivity index (χ1) is 13.4. The number of nitro groups is 1. The number of ether oxygens (including phenoxy) is 1. The van der Waals surface area contributed by atoms with Crippen molar-refractivity contribution in [1.82, 2.24) is 0 Å². The highest BCUT2D eigenvalue weighted by Crippen LogP contribution is 2.31. The molecule has 3 rings (SSSR count). The van der Waals surface area contributed by atoms with Crippen LogP contribution < -0.4 is 4.90 Å². The van der Waals surface area contributed by atoms with Crippen LogP contribution in [0.2, 0.25) is 5.02 Å². The van der Waals surface area contributed by atoms with Crippen LogP contribution in [0.1, 0.15) is 16.8 Å². The maximum atomic E-state index is 12.3. The fourth-order valence-corrected chi connectivity index (χ4v) is 3.14. The summed E-state index contributed by atoms with van der Waals surface area (Å²) in [6.45, 7) is -0.455. The zero-order chi connectivity index (χ0) is 20.3. The van der Waals surface area contributed by atoms with Gasteiger partial charge in [-0.15, -0.1) is 0 Å². The quantitative estimate of drug-likeness (QED) is 0.318. The van der Waals surface area contributed by atoms with Gasteiger partial charge in [0.15, 0.2) is 6.61 Å². The molecule has 0 N–H and O–H groups in total. The Morgan fingerprint density at radius 2 is 1.96 bits per heavy atom. The maximum absolute atomic E-state index is 12.3. The zero-order valence-electron chi connectivity index (χ0n) is 14.5. The van der Waals surface area contributed by atoms with Crippen molar-refractivity contribution in [3.8, 4) is 0 Å². The molecule has 0 saturated carbocycles. The number of carbonyl (C=O) groups excluding carboxylic acids is 3. The first-order valence-corrected chi connectivity index (χ1v) is 8.74. The molecule has 1 aliphatic heterocycles. The van der Waals surface area contributed by atoms with Crippen molar-refractivity contribution >= 4 is 40.6 Å². The third-order valence-corrected chi connectivity index (χ3v) is 4.65. The average Bonchev–Trinajstić information content (AvgIpc) is 3.08. The first-order valence-electron chi connectivity index (χ1n) is 8.36. The number of hydrogen-bond donors (Lipinski definition) is 0. The predicted molar refractivity (Wildman–Crippen MR) is 100 cm³/mol. The number of para-hydroxylation sites is 1. The lowest BCUT2D eigenvalue weighted by molar-refractivity contribution is -0.384. The van der Waals surface area contributed by atoms with E-state index in [0.29, 0.717) is 10.7 Å². The second-order valence-electron chi connectivity index (χ2n) is 6.20. The van der Waals surface area contributed by atoms with Crippen molar-refractivity contribution in [2.75, 3.05) is 18.1 Å². The van der Waals surface area contributed by atoms with E-state index in [1.807, 2.05) is 0 Å². The molecule has 0 radical (unpaired) electrons. The van der Waals surface area contributed by atoms with Gasteiger partial charge < -0.3 is 9.64 Å². The molecule has 9 heteroatoms. The molecule has 0 bridgehead atoms. The third-order valence-electron chi connectivity index (χ3n) is 4.33. The molecular weight excluding hydrogens is 388 g/mol. The van der Waals surface area contributed by atoms with Gasteiger partial charge in [-0.1, -0.05) is 35.9 Å². The molecule has 1 fully saturated rings. The minimum atomic E-state index is -0.721. The molecule has 8 nitrogen and oxygen atoms in total. The molecule has 1 saturated heterocycles. The van der Waals surface area contributed by atoms with Gasteiger partial charge >= 0.3 is 5.97 Å². The second-order valence-corrected chi connectivity index (χ2v) is 6.60. The summed E-state index contributed by atoms with van der Waals surface area (Å²) >= 11 is 6.10. The Kier molecular flexibility index (Phi) is 5.70. The number of anilines is 1. The monoisotopic (exact) mass is 402 g/mol. The number of carbonyl (C=O) groups is 3. The molecule has 1 amide bonds. The van der Waals surface area contributed by atoms with Crippen LogP contribution in [0.3, 0.4) is 0 Å². The number of Topliss-reactive ketones (excluding diaryl/α,β-unsaturated/α-hetero) is 1. The summed E-state index contributed by atoms with van der Waals surface area (Å²) in [5.74, 6) is -2.23. The lowest BCUT2D eigenvalue weighted by atomic mass is 10.1. The Morgan fingerprint density at radius 1 is 1.21 bits per heavy atom. The molecule has 2 aromatic rings. The number of nitrogens with zero attached hydrogens (tertiary/aromatic N) is 2. The fraction of sp³-hybridized carbons (Fsp3) is 0.211. The van der Waals surface area contributed by atoms with Crippen LogP contribution in [0.5, 0.6) is 0 Å². The van der Waals surface area contributed by atoms with Gasteiger partial charge in [0, 0.05) is 30.7 Å². The number of esters is 1. The SMILES string of the molecule is O=C(COC(=O)[C@H]1CC(=O)N(c2ccccc2Cl)C1)c1cccc([N+](=O)[O-])c1. The van der Waals surface area contributed by atoms with E-state index in [0.717, 1.165) is 6.07 Å². The molecule has 0 spiro atoms. The summed E-state index contributed by atoms with van der Waals surface area (Å²) in [6, 6.07) is 12.0. The molecule has 1 heterocycles. The summed E-state index contributed by atoms with van der Waals surface area (Å²) in [5.41, 5.74) is 0.355. The summed E-state index contributed by atoms with van der Waals surface area (Å²) in [5, 5.41) is 11.2. The fourth-order valence-electron chi connectivity index (χ4n) is 2.90. The van der Waals surface area contributed by atoms with Crippen LogP contribution in [0.4, 0.5) is 11.4 Å². The predicted octanol–water partition coefficient (Wildman–Crippen LogP) is 3.03. The number of non-ortho nitro benzene ring substituents is 1. The van der Waals surface area contributed by atoms with Crippen molar-refractivity contribution in [3.05, 3.63) is 69.2 Å². The van der Waals surface area contributed by atoms with E-state index < -0.39 is 29.2 Å². The van der Waals surface area contributed by atoms with Crippen molar-refractivity contribution in [2.24, 2.45) is 5.92 Å². The summed E-state index contributed by atoms with van der Waals surface area (Å²) in [4.78, 5) is 48.2. The van der Waals surface area contributed by atoms with E-state index in [-0.39, 0.29) is 30.1 Å². The number of benzene rings is 2. The van der Waals surface area contributed by atoms with E-state index in [1.54, 1.807) is 24.3 Å². The number of rotatable bonds is 6. The van der Waals surface area contributed by atoms with Crippen LogP contribution in [0.25, 0.3) is 0 Å². The van der Waals surface area contributed by atoms with Gasteiger partial charge in [-0.2, -0.15) is 0 Å². The molecule has 0 aliphatic carbocycles. The summed E-state index contributed by atoms with van der Waals surface area (Å²) in [7, 11) is 0. The Morgan fingerprint density at radius 3 is 2.68 bits per heavy atom. The molecular formula is C19H15ClN2O6. The third kappa shape index (κ3) is 4.17. The minimum Gasteiger partial charge on any atom is -0.457 e. The van der Waals surface area contributed by atoms with Crippen LogP contribution >= 0.6 is 11.6 Å². The molecule has 0 unspecified atom stereocenters. The molecule has 2 aromatic carbocycles. The number of hydrogen-bond acceptors (Lipinski definition) is 6. The van der Waals surface area contributed by atoms with Crippen LogP contribution in [-0.4, -0.2) is 35.7 Å². The topological polar surface area (TPSA) is 107 Å². The lowest BCUT2D eigenvalue weighted by Gasteiger charge is -2.17. The highest BCUT2D eigenvalue weighted by molar-refractivity contribution is 6.33. The standard InChI is InChI=1S/C19H15ClN2O6/c20-15-6-1-2-7-16(15)21-10-13(9-18(21)24)19(25)28-11-17(23)12-4-3-5-14(8-12)22(26)27/h1-8,13H,9-11H2/t13-/m0/s1. The maximum Gasteiger partial charge on any atom is 0.311 e. The van der Waals surface area contributed by atoms with Gasteiger partial charge in [-0.3, -0.25) is 24.5 Å². The molecule has 1 aliphatic rings. The highest BCUT2D eigenvalue weighted by Gasteiger charge is 2.37. The zero-order valence-corrected chi connectivity index (χ0v) is 15.3. The van der Waals surface area contributed by atoms with Crippen molar-refractivity contribution < 1.29 is 24.0 Å². The second kappa shape index (κ2) is 8.18. The van der Waals surface area contributed by atoms with Crippen molar-refractivity contribution in [1.29, 1.82) is 0 Å². The molecule has 1 atom stereocenters. The Labute approximate surface area is 164 Å². The largest absolute Gasteiger partial charge is 0.457 e. The normalized spacial score (nSPS) is 16.1. The van der Waals surface area contributed by atoms with E-state index in [2.05, 4.69) is 0 Å². The molecule has 0 aromatic heterocycles. The van der Waals surface area contributed by atoms with Crippen LogP contribution in [-0.2, 0) is 14.3 Å². The van der Waals surface area contributed by atoms with Gasteiger partial charge in [0.2, 0.25) is 11.7 Å². The van der Waals surface area contributed by atoms with E-state index in [4.69, 9.17) is 16.3 Å². The van der Waals surface area contributed by atoms with Gasteiger partial charge in [-0.05, 0) is 12.1 Å². The van der Waals surface area contributed by atoms with Crippen molar-refractivity contribution in [3.63, 3.8) is 0 Å². The van der Waals surface area contributed by atoms with Crippen LogP contribution in [0, 0.1) is 16.0 Å². The number of amides is 1. The number of halogens is 1. The lowest BCUT2D eigenvalue weighted by Crippen LogP contribution is -2.27. The van der Waals surface area contributed by atoms with Gasteiger partial charge in [0.25, 0.3) is 5.69 Å². The minimum absolute atomic E-state index is 0.0466.